The van der Waals surface area contributed by atoms with Crippen LogP contribution in [0.5, 0.6) is 0 Å². The maximum absolute atomic E-state index is 13.6. The zero-order chi connectivity index (χ0) is 21.1. The van der Waals surface area contributed by atoms with Crippen molar-refractivity contribution in [1.82, 2.24) is 20.2 Å². The van der Waals surface area contributed by atoms with Crippen LogP contribution in [0.4, 0.5) is 8.78 Å². The summed E-state index contributed by atoms with van der Waals surface area (Å²) in [6.07, 6.45) is 0. The van der Waals surface area contributed by atoms with Crippen molar-refractivity contribution in [2.75, 3.05) is 7.05 Å². The number of carbonyl (C=O) groups is 2. The highest BCUT2D eigenvalue weighted by Crippen LogP contribution is 2.17. The molecule has 1 atom stereocenters. The molecule has 0 aliphatic carbocycles. The predicted octanol–water partition coefficient (Wildman–Crippen LogP) is 1.59. The van der Waals surface area contributed by atoms with E-state index in [0.717, 1.165) is 12.1 Å². The molecular weight excluding hydrogens is 382 g/mol. The molecule has 1 heterocycles. The van der Waals surface area contributed by atoms with Crippen LogP contribution in [0.15, 0.2) is 47.3 Å². The lowest BCUT2D eigenvalue weighted by atomic mass is 10.1. The van der Waals surface area contributed by atoms with Crippen LogP contribution >= 0.6 is 0 Å². The molecular formula is C20H18F2N4O3. The van der Waals surface area contributed by atoms with E-state index in [0.29, 0.717) is 16.7 Å². The first-order valence-corrected chi connectivity index (χ1v) is 8.74. The van der Waals surface area contributed by atoms with Gasteiger partial charge in [0.25, 0.3) is 5.56 Å². The summed E-state index contributed by atoms with van der Waals surface area (Å²) in [5.74, 6) is -3.17. The van der Waals surface area contributed by atoms with E-state index in [1.807, 2.05) is 0 Å². The lowest BCUT2D eigenvalue weighted by Crippen LogP contribution is -2.42. The maximum atomic E-state index is 13.6. The van der Waals surface area contributed by atoms with E-state index in [9.17, 15) is 23.2 Å². The van der Waals surface area contributed by atoms with Crippen LogP contribution in [-0.4, -0.2) is 28.4 Å². The molecule has 150 valence electrons. The molecule has 29 heavy (non-hydrogen) atoms. The fourth-order valence-electron chi connectivity index (χ4n) is 2.95. The Kier molecular flexibility index (Phi) is 5.67. The highest BCUT2D eigenvalue weighted by Gasteiger charge is 2.23. The Labute approximate surface area is 164 Å². The summed E-state index contributed by atoms with van der Waals surface area (Å²) in [5.41, 5.74) is 0.182. The van der Waals surface area contributed by atoms with Gasteiger partial charge in [-0.15, -0.1) is 0 Å². The molecule has 0 fully saturated rings. The smallest absolute Gasteiger partial charge is 0.261 e. The SMILES string of the molecule is CNC(=O)C(NC(=O)Cn1c(C)nc2ccccc2c1=O)c1ccc(F)c(F)c1. The summed E-state index contributed by atoms with van der Waals surface area (Å²) in [7, 11) is 1.35. The number of rotatable bonds is 5. The third-order valence-corrected chi connectivity index (χ3v) is 4.45. The number of aromatic nitrogens is 2. The van der Waals surface area contributed by atoms with Crippen LogP contribution in [0.3, 0.4) is 0 Å². The molecule has 2 aromatic carbocycles. The summed E-state index contributed by atoms with van der Waals surface area (Å²) in [6, 6.07) is 8.39. The van der Waals surface area contributed by atoms with E-state index in [1.165, 1.54) is 17.7 Å². The van der Waals surface area contributed by atoms with Gasteiger partial charge in [-0.25, -0.2) is 13.8 Å². The standard InChI is InChI=1S/C20H18F2N4O3/c1-11-24-16-6-4-3-5-13(16)20(29)26(11)10-17(27)25-18(19(28)23-2)12-7-8-14(21)15(22)9-12/h3-9,18H,10H2,1-2H3,(H,23,28)(H,25,27). The Hall–Kier alpha value is -3.62. The molecule has 9 heteroatoms. The van der Waals surface area contributed by atoms with Crippen molar-refractivity contribution in [1.29, 1.82) is 0 Å². The average Bonchev–Trinajstić information content (AvgIpc) is 2.71. The minimum atomic E-state index is -1.26. The number of para-hydroxylation sites is 1. The molecule has 2 amide bonds. The molecule has 1 aromatic heterocycles. The zero-order valence-corrected chi connectivity index (χ0v) is 15.7. The maximum Gasteiger partial charge on any atom is 0.261 e. The fraction of sp³-hybridized carbons (Fsp3) is 0.200. The van der Waals surface area contributed by atoms with Crippen molar-refractivity contribution >= 4 is 22.7 Å². The molecule has 0 spiro atoms. The minimum Gasteiger partial charge on any atom is -0.357 e. The topological polar surface area (TPSA) is 93.1 Å². The van der Waals surface area contributed by atoms with Gasteiger partial charge >= 0.3 is 0 Å². The van der Waals surface area contributed by atoms with Gasteiger partial charge < -0.3 is 10.6 Å². The molecule has 2 N–H and O–H groups in total. The number of benzene rings is 2. The van der Waals surface area contributed by atoms with E-state index in [-0.39, 0.29) is 12.1 Å². The van der Waals surface area contributed by atoms with Crippen molar-refractivity contribution in [3.63, 3.8) is 0 Å². The molecule has 3 aromatic rings. The number of halogens is 2. The number of likely N-dealkylation sites (N-methyl/N-ethyl adjacent to an activating group) is 1. The fourth-order valence-corrected chi connectivity index (χ4v) is 2.95. The van der Waals surface area contributed by atoms with E-state index in [1.54, 1.807) is 31.2 Å². The van der Waals surface area contributed by atoms with Gasteiger partial charge in [0.1, 0.15) is 18.4 Å². The van der Waals surface area contributed by atoms with Gasteiger partial charge in [0.2, 0.25) is 11.8 Å². The number of fused-ring (bicyclic) bond motifs is 1. The van der Waals surface area contributed by atoms with Crippen molar-refractivity contribution in [2.24, 2.45) is 0 Å². The van der Waals surface area contributed by atoms with Crippen LogP contribution < -0.4 is 16.2 Å². The van der Waals surface area contributed by atoms with E-state index in [4.69, 9.17) is 0 Å². The molecule has 0 radical (unpaired) electrons. The molecule has 0 saturated heterocycles. The van der Waals surface area contributed by atoms with Gasteiger partial charge in [0, 0.05) is 7.05 Å². The second-order valence-corrected chi connectivity index (χ2v) is 6.36. The largest absolute Gasteiger partial charge is 0.357 e. The van der Waals surface area contributed by atoms with Gasteiger partial charge in [0.15, 0.2) is 11.6 Å². The van der Waals surface area contributed by atoms with Crippen LogP contribution in [0.25, 0.3) is 10.9 Å². The number of aryl methyl sites for hydroxylation is 1. The molecule has 0 saturated carbocycles. The summed E-state index contributed by atoms with van der Waals surface area (Å²) in [4.78, 5) is 41.7. The van der Waals surface area contributed by atoms with Crippen LogP contribution in [-0.2, 0) is 16.1 Å². The normalized spacial score (nSPS) is 11.9. The number of nitrogens with zero attached hydrogens (tertiary/aromatic N) is 2. The second kappa shape index (κ2) is 8.17. The Morgan fingerprint density at radius 2 is 1.86 bits per heavy atom. The highest BCUT2D eigenvalue weighted by atomic mass is 19.2. The van der Waals surface area contributed by atoms with Crippen molar-refractivity contribution in [3.05, 3.63) is 75.8 Å². The lowest BCUT2D eigenvalue weighted by Gasteiger charge is -2.19. The number of hydrogen-bond acceptors (Lipinski definition) is 4. The molecule has 0 bridgehead atoms. The summed E-state index contributed by atoms with van der Waals surface area (Å²) < 4.78 is 28.0. The van der Waals surface area contributed by atoms with Crippen LogP contribution in [0.2, 0.25) is 0 Å². The van der Waals surface area contributed by atoms with Crippen molar-refractivity contribution in [3.8, 4) is 0 Å². The number of nitrogens with one attached hydrogen (secondary N) is 2. The van der Waals surface area contributed by atoms with Gasteiger partial charge in [-0.2, -0.15) is 0 Å². The average molecular weight is 400 g/mol. The lowest BCUT2D eigenvalue weighted by molar-refractivity contribution is -0.129. The Morgan fingerprint density at radius 3 is 2.55 bits per heavy atom. The minimum absolute atomic E-state index is 0.0669. The number of carbonyl (C=O) groups excluding carboxylic acids is 2. The van der Waals surface area contributed by atoms with Crippen molar-refractivity contribution < 1.29 is 18.4 Å². The Morgan fingerprint density at radius 1 is 1.14 bits per heavy atom. The van der Waals surface area contributed by atoms with Gasteiger partial charge in [0.05, 0.1) is 10.9 Å². The monoisotopic (exact) mass is 400 g/mol. The summed E-state index contributed by atoms with van der Waals surface area (Å²) >= 11 is 0. The first-order chi connectivity index (χ1) is 13.8. The number of amides is 2. The summed E-state index contributed by atoms with van der Waals surface area (Å²) in [6.45, 7) is 1.20. The molecule has 1 unspecified atom stereocenters. The van der Waals surface area contributed by atoms with Crippen LogP contribution in [0.1, 0.15) is 17.4 Å². The zero-order valence-electron chi connectivity index (χ0n) is 15.7. The van der Waals surface area contributed by atoms with E-state index in [2.05, 4.69) is 15.6 Å². The van der Waals surface area contributed by atoms with Gasteiger partial charge in [-0.1, -0.05) is 18.2 Å². The third-order valence-electron chi connectivity index (χ3n) is 4.45. The van der Waals surface area contributed by atoms with E-state index >= 15 is 0 Å². The molecule has 0 aliphatic heterocycles. The Balaban J connectivity index is 1.89. The third kappa shape index (κ3) is 4.13. The highest BCUT2D eigenvalue weighted by molar-refractivity contribution is 5.88. The van der Waals surface area contributed by atoms with Crippen LogP contribution in [0, 0.1) is 18.6 Å². The van der Waals surface area contributed by atoms with Gasteiger partial charge in [-0.05, 0) is 36.8 Å². The first kappa shape index (κ1) is 20.1. The van der Waals surface area contributed by atoms with Gasteiger partial charge in [-0.3, -0.25) is 19.0 Å². The van der Waals surface area contributed by atoms with E-state index < -0.39 is 35.0 Å². The Bertz CT molecular complexity index is 1160. The molecule has 7 nitrogen and oxygen atoms in total. The predicted molar refractivity (Wildman–Crippen MR) is 102 cm³/mol. The molecule has 3 rings (SSSR count). The van der Waals surface area contributed by atoms with Crippen molar-refractivity contribution in [2.45, 2.75) is 19.5 Å². The number of hydrogen-bond donors (Lipinski definition) is 2. The summed E-state index contributed by atoms with van der Waals surface area (Å²) in [5, 5.41) is 5.17. The second-order valence-electron chi connectivity index (χ2n) is 6.36. The quantitative estimate of drug-likeness (QED) is 0.680. The first-order valence-electron chi connectivity index (χ1n) is 8.74. The molecule has 0 aliphatic rings.